The van der Waals surface area contributed by atoms with Gasteiger partial charge in [-0.05, 0) is 23.2 Å². The molecule has 0 aliphatic carbocycles. The first kappa shape index (κ1) is 9.81. The molecule has 0 atom stereocenters. The third-order valence-electron chi connectivity index (χ3n) is 1.44. The van der Waals surface area contributed by atoms with Gasteiger partial charge in [0.05, 0.1) is 7.11 Å². The zero-order valence-corrected chi connectivity index (χ0v) is 9.72. The van der Waals surface area contributed by atoms with Gasteiger partial charge in [0, 0.05) is 10.0 Å². The molecule has 3 heteroatoms. The van der Waals surface area contributed by atoms with Crippen LogP contribution in [-0.4, -0.2) is 7.11 Å². The van der Waals surface area contributed by atoms with Crippen LogP contribution in [0.1, 0.15) is 5.56 Å². The standard InChI is InChI=1S/C9H8Br2O/c1-12-9-6-8(11)3-2-7(9)4-5-10/h2-6H,1H3/b5-4+. The van der Waals surface area contributed by atoms with Crippen LogP contribution in [0.25, 0.3) is 6.08 Å². The van der Waals surface area contributed by atoms with Gasteiger partial charge >= 0.3 is 0 Å². The van der Waals surface area contributed by atoms with Crippen molar-refractivity contribution in [3.63, 3.8) is 0 Å². The zero-order valence-electron chi connectivity index (χ0n) is 6.55. The van der Waals surface area contributed by atoms with Gasteiger partial charge in [0.25, 0.3) is 0 Å². The van der Waals surface area contributed by atoms with Crippen LogP contribution >= 0.6 is 31.9 Å². The SMILES string of the molecule is COc1cc(Br)ccc1/C=C/Br. The molecule has 1 aromatic rings. The van der Waals surface area contributed by atoms with Crippen LogP contribution in [0.5, 0.6) is 5.75 Å². The molecule has 0 aromatic heterocycles. The Morgan fingerprint density at radius 2 is 2.17 bits per heavy atom. The fourth-order valence-electron chi connectivity index (χ4n) is 0.891. The van der Waals surface area contributed by atoms with Crippen LogP contribution in [0.2, 0.25) is 0 Å². The van der Waals surface area contributed by atoms with Gasteiger partial charge in [-0.1, -0.05) is 37.9 Å². The van der Waals surface area contributed by atoms with Gasteiger partial charge in [0.1, 0.15) is 5.75 Å². The second kappa shape index (κ2) is 4.67. The molecule has 0 amide bonds. The summed E-state index contributed by atoms with van der Waals surface area (Å²) in [6, 6.07) is 5.90. The molecule has 0 unspecified atom stereocenters. The lowest BCUT2D eigenvalue weighted by atomic mass is 10.2. The van der Waals surface area contributed by atoms with Gasteiger partial charge in [-0.2, -0.15) is 0 Å². The lowest BCUT2D eigenvalue weighted by Gasteiger charge is -2.04. The Bertz CT molecular complexity index is 295. The van der Waals surface area contributed by atoms with Crippen molar-refractivity contribution in [1.29, 1.82) is 0 Å². The minimum atomic E-state index is 0.861. The molecule has 0 saturated heterocycles. The number of ether oxygens (including phenoxy) is 1. The summed E-state index contributed by atoms with van der Waals surface area (Å²) < 4.78 is 6.20. The van der Waals surface area contributed by atoms with E-state index in [0.29, 0.717) is 0 Å². The molecule has 0 N–H and O–H groups in total. The predicted octanol–water partition coefficient (Wildman–Crippen LogP) is 3.82. The van der Waals surface area contributed by atoms with Gasteiger partial charge < -0.3 is 4.74 Å². The molecule has 0 saturated carbocycles. The Morgan fingerprint density at radius 1 is 1.42 bits per heavy atom. The number of hydrogen-bond donors (Lipinski definition) is 0. The maximum absolute atomic E-state index is 5.18. The van der Waals surface area contributed by atoms with Crippen LogP contribution in [0, 0.1) is 0 Å². The number of benzene rings is 1. The Morgan fingerprint density at radius 3 is 2.75 bits per heavy atom. The first-order chi connectivity index (χ1) is 5.77. The molecule has 0 spiro atoms. The lowest BCUT2D eigenvalue weighted by Crippen LogP contribution is -1.85. The van der Waals surface area contributed by atoms with Gasteiger partial charge in [-0.3, -0.25) is 0 Å². The number of halogens is 2. The summed E-state index contributed by atoms with van der Waals surface area (Å²) in [6.45, 7) is 0. The Balaban J connectivity index is 3.10. The van der Waals surface area contributed by atoms with Crippen LogP contribution in [-0.2, 0) is 0 Å². The van der Waals surface area contributed by atoms with Crippen molar-refractivity contribution in [1.82, 2.24) is 0 Å². The fourth-order valence-corrected chi connectivity index (χ4v) is 1.52. The predicted molar refractivity (Wildman–Crippen MR) is 58.7 cm³/mol. The van der Waals surface area contributed by atoms with Crippen molar-refractivity contribution in [2.75, 3.05) is 7.11 Å². The van der Waals surface area contributed by atoms with Crippen molar-refractivity contribution in [2.24, 2.45) is 0 Å². The molecule has 1 aromatic carbocycles. The lowest BCUT2D eigenvalue weighted by molar-refractivity contribution is 0.413. The molecule has 0 fully saturated rings. The summed E-state index contributed by atoms with van der Waals surface area (Å²) in [5.74, 6) is 0.861. The maximum atomic E-state index is 5.18. The summed E-state index contributed by atoms with van der Waals surface area (Å²) >= 11 is 6.59. The average molecular weight is 292 g/mol. The first-order valence-corrected chi connectivity index (χ1v) is 5.09. The molecular formula is C9H8Br2O. The highest BCUT2D eigenvalue weighted by molar-refractivity contribution is 9.11. The van der Waals surface area contributed by atoms with E-state index in [2.05, 4.69) is 31.9 Å². The molecule has 1 rings (SSSR count). The zero-order chi connectivity index (χ0) is 8.97. The second-order valence-corrected chi connectivity index (χ2v) is 3.62. The third kappa shape index (κ3) is 2.35. The molecule has 1 nitrogen and oxygen atoms in total. The topological polar surface area (TPSA) is 9.23 Å². The van der Waals surface area contributed by atoms with E-state index in [1.54, 1.807) is 12.1 Å². The molecule has 0 aliphatic rings. The van der Waals surface area contributed by atoms with Crippen molar-refractivity contribution in [3.05, 3.63) is 33.2 Å². The highest BCUT2D eigenvalue weighted by atomic mass is 79.9. The van der Waals surface area contributed by atoms with Crippen molar-refractivity contribution < 1.29 is 4.74 Å². The third-order valence-corrected chi connectivity index (χ3v) is 2.20. The summed E-state index contributed by atoms with van der Waals surface area (Å²) in [6.07, 6.45) is 1.94. The molecule has 0 radical (unpaired) electrons. The van der Waals surface area contributed by atoms with E-state index in [1.807, 2.05) is 24.3 Å². The number of hydrogen-bond acceptors (Lipinski definition) is 1. The van der Waals surface area contributed by atoms with Gasteiger partial charge in [0.15, 0.2) is 0 Å². The quantitative estimate of drug-likeness (QED) is 0.805. The summed E-state index contributed by atoms with van der Waals surface area (Å²) in [5, 5.41) is 0. The Kier molecular flexibility index (Phi) is 3.82. The summed E-state index contributed by atoms with van der Waals surface area (Å²) in [7, 11) is 1.66. The molecule has 0 bridgehead atoms. The Labute approximate surface area is 88.7 Å². The van der Waals surface area contributed by atoms with Crippen LogP contribution < -0.4 is 4.74 Å². The van der Waals surface area contributed by atoms with Gasteiger partial charge in [0.2, 0.25) is 0 Å². The fraction of sp³-hybridized carbons (Fsp3) is 0.111. The van der Waals surface area contributed by atoms with Crippen molar-refractivity contribution >= 4 is 37.9 Å². The van der Waals surface area contributed by atoms with E-state index in [-0.39, 0.29) is 0 Å². The van der Waals surface area contributed by atoms with E-state index in [0.717, 1.165) is 15.8 Å². The molecular weight excluding hydrogens is 284 g/mol. The number of methoxy groups -OCH3 is 1. The highest BCUT2D eigenvalue weighted by Gasteiger charge is 1.98. The van der Waals surface area contributed by atoms with E-state index >= 15 is 0 Å². The summed E-state index contributed by atoms with van der Waals surface area (Å²) in [4.78, 5) is 1.80. The molecule has 64 valence electrons. The second-order valence-electron chi connectivity index (χ2n) is 2.18. The van der Waals surface area contributed by atoms with Crippen LogP contribution in [0.15, 0.2) is 27.7 Å². The highest BCUT2D eigenvalue weighted by Crippen LogP contribution is 2.24. The molecule has 0 aliphatic heterocycles. The van der Waals surface area contributed by atoms with Crippen LogP contribution in [0.3, 0.4) is 0 Å². The van der Waals surface area contributed by atoms with Crippen molar-refractivity contribution in [3.8, 4) is 5.75 Å². The monoisotopic (exact) mass is 290 g/mol. The molecule has 0 heterocycles. The van der Waals surface area contributed by atoms with E-state index in [9.17, 15) is 0 Å². The maximum Gasteiger partial charge on any atom is 0.127 e. The minimum Gasteiger partial charge on any atom is -0.496 e. The number of rotatable bonds is 2. The van der Waals surface area contributed by atoms with Gasteiger partial charge in [-0.15, -0.1) is 0 Å². The first-order valence-electron chi connectivity index (χ1n) is 3.38. The van der Waals surface area contributed by atoms with E-state index < -0.39 is 0 Å². The smallest absolute Gasteiger partial charge is 0.127 e. The largest absolute Gasteiger partial charge is 0.496 e. The summed E-state index contributed by atoms with van der Waals surface area (Å²) in [5.41, 5.74) is 1.05. The van der Waals surface area contributed by atoms with Crippen molar-refractivity contribution in [2.45, 2.75) is 0 Å². The normalized spacial score (nSPS) is 10.6. The minimum absolute atomic E-state index is 0.861. The van der Waals surface area contributed by atoms with Gasteiger partial charge in [-0.25, -0.2) is 0 Å². The van der Waals surface area contributed by atoms with E-state index in [4.69, 9.17) is 4.74 Å². The van der Waals surface area contributed by atoms with E-state index in [1.165, 1.54) is 0 Å². The average Bonchev–Trinajstić information content (AvgIpc) is 2.08. The molecule has 12 heavy (non-hydrogen) atoms. The Hall–Kier alpha value is -0.280. The van der Waals surface area contributed by atoms with Crippen LogP contribution in [0.4, 0.5) is 0 Å².